The quantitative estimate of drug-likeness (QED) is 0.661. The van der Waals surface area contributed by atoms with Crippen molar-refractivity contribution < 1.29 is 4.74 Å². The zero-order chi connectivity index (χ0) is 15.1. The van der Waals surface area contributed by atoms with Gasteiger partial charge in [-0.1, -0.05) is 70.2 Å². The van der Waals surface area contributed by atoms with E-state index in [2.05, 4.69) is 62.3 Å². The van der Waals surface area contributed by atoms with Crippen LogP contribution < -0.4 is 0 Å². The molecule has 1 heterocycles. The highest BCUT2D eigenvalue weighted by atomic mass is 31.1. The number of rotatable bonds is 2. The van der Waals surface area contributed by atoms with Crippen molar-refractivity contribution in [3.63, 3.8) is 0 Å². The molecule has 0 saturated carbocycles. The summed E-state index contributed by atoms with van der Waals surface area (Å²) in [6.45, 7) is 21.6. The molecule has 0 aromatic heterocycles. The Morgan fingerprint density at radius 2 is 1.47 bits per heavy atom. The van der Waals surface area contributed by atoms with E-state index >= 15 is 0 Å². The molecule has 0 unspecified atom stereocenters. The molecule has 0 aromatic rings. The van der Waals surface area contributed by atoms with E-state index < -0.39 is 0 Å². The van der Waals surface area contributed by atoms with Crippen LogP contribution >= 0.6 is 7.92 Å². The summed E-state index contributed by atoms with van der Waals surface area (Å²) in [7, 11) is -0.164. The summed E-state index contributed by atoms with van der Waals surface area (Å²) < 4.78 is 5.88. The summed E-state index contributed by atoms with van der Waals surface area (Å²) in [5, 5.41) is 0.665. The summed E-state index contributed by atoms with van der Waals surface area (Å²) in [6.07, 6.45) is 1.02. The molecule has 0 aliphatic carbocycles. The van der Waals surface area contributed by atoms with Crippen LogP contribution in [0.4, 0.5) is 0 Å². The number of aliphatic imine (C=N–C) groups is 1. The van der Waals surface area contributed by atoms with Gasteiger partial charge in [-0.3, -0.25) is 0 Å². The highest BCUT2D eigenvalue weighted by Gasteiger charge is 2.38. The lowest BCUT2D eigenvalue weighted by Crippen LogP contribution is -2.29. The molecule has 0 saturated heterocycles. The first-order chi connectivity index (χ1) is 8.32. The van der Waals surface area contributed by atoms with Gasteiger partial charge in [-0.15, -0.1) is 0 Å². The third-order valence-corrected chi connectivity index (χ3v) is 7.45. The molecule has 1 aliphatic heterocycles. The first-order valence-electron chi connectivity index (χ1n) is 7.29. The Labute approximate surface area is 121 Å². The Hall–Kier alpha value is -0.100. The molecule has 19 heavy (non-hydrogen) atoms. The largest absolute Gasteiger partial charge is 0.478 e. The fraction of sp³-hybridized carbons (Fsp3) is 0.938. The Kier molecular flexibility index (Phi) is 4.78. The van der Waals surface area contributed by atoms with E-state index in [1.807, 2.05) is 0 Å². The molecule has 1 aliphatic rings. The van der Waals surface area contributed by atoms with E-state index in [-0.39, 0.29) is 13.3 Å². The van der Waals surface area contributed by atoms with E-state index in [4.69, 9.17) is 9.73 Å². The van der Waals surface area contributed by atoms with Crippen molar-refractivity contribution in [3.05, 3.63) is 0 Å². The van der Waals surface area contributed by atoms with Crippen molar-refractivity contribution in [1.29, 1.82) is 0 Å². The fourth-order valence-electron chi connectivity index (χ4n) is 2.57. The SMILES string of the molecule is CC(C)(C)[C@H]1COC(CP(C(C)(C)C)C(C)(C)C)=N1. The Morgan fingerprint density at radius 1 is 1.00 bits per heavy atom. The molecule has 3 heteroatoms. The fourth-order valence-corrected chi connectivity index (χ4v) is 5.97. The Morgan fingerprint density at radius 3 is 1.79 bits per heavy atom. The van der Waals surface area contributed by atoms with Crippen LogP contribution in [0, 0.1) is 5.41 Å². The molecule has 0 fully saturated rings. The Bertz CT molecular complexity index is 327. The van der Waals surface area contributed by atoms with Gasteiger partial charge < -0.3 is 4.74 Å². The average molecular weight is 285 g/mol. The highest BCUT2D eigenvalue weighted by Crippen LogP contribution is 2.59. The number of hydrogen-bond acceptors (Lipinski definition) is 2. The zero-order valence-electron chi connectivity index (χ0n) is 14.3. The molecule has 0 spiro atoms. The van der Waals surface area contributed by atoms with Gasteiger partial charge in [0.2, 0.25) is 0 Å². The lowest BCUT2D eigenvalue weighted by molar-refractivity contribution is 0.235. The summed E-state index contributed by atoms with van der Waals surface area (Å²) >= 11 is 0. The van der Waals surface area contributed by atoms with Crippen LogP contribution in [-0.4, -0.2) is 35.0 Å². The minimum atomic E-state index is -0.164. The van der Waals surface area contributed by atoms with Crippen molar-refractivity contribution in [2.75, 3.05) is 12.8 Å². The first kappa shape index (κ1) is 17.0. The smallest absolute Gasteiger partial charge is 0.188 e. The predicted octanol–water partition coefficient (Wildman–Crippen LogP) is 4.91. The molecule has 1 atom stereocenters. The van der Waals surface area contributed by atoms with Crippen LogP contribution in [0.3, 0.4) is 0 Å². The monoisotopic (exact) mass is 285 g/mol. The molecule has 0 radical (unpaired) electrons. The molecular formula is C16H32NOP. The van der Waals surface area contributed by atoms with E-state index in [1.165, 1.54) is 0 Å². The topological polar surface area (TPSA) is 21.6 Å². The van der Waals surface area contributed by atoms with Gasteiger partial charge in [0.1, 0.15) is 6.61 Å². The van der Waals surface area contributed by atoms with E-state index in [0.717, 1.165) is 18.7 Å². The minimum absolute atomic E-state index is 0.164. The second kappa shape index (κ2) is 5.35. The van der Waals surface area contributed by atoms with Crippen LogP contribution in [0.15, 0.2) is 4.99 Å². The molecule has 2 nitrogen and oxygen atoms in total. The maximum absolute atomic E-state index is 5.88. The zero-order valence-corrected chi connectivity index (χ0v) is 15.2. The average Bonchev–Trinajstić information content (AvgIpc) is 2.57. The van der Waals surface area contributed by atoms with E-state index in [0.29, 0.717) is 16.4 Å². The molecule has 0 bridgehead atoms. The molecule has 1 rings (SSSR count). The van der Waals surface area contributed by atoms with Gasteiger partial charge in [0.25, 0.3) is 0 Å². The van der Waals surface area contributed by atoms with Gasteiger partial charge >= 0.3 is 0 Å². The van der Waals surface area contributed by atoms with Gasteiger partial charge in [0, 0.05) is 6.16 Å². The van der Waals surface area contributed by atoms with Crippen LogP contribution in [0.5, 0.6) is 0 Å². The highest BCUT2D eigenvalue weighted by molar-refractivity contribution is 7.61. The lowest BCUT2D eigenvalue weighted by atomic mass is 9.88. The standard InChI is InChI=1S/C16H32NOP/c1-14(2,3)12-10-18-13(17-12)11-19(15(4,5)6)16(7,8)9/h12H,10-11H2,1-9H3/t12-/m1/s1. The van der Waals surface area contributed by atoms with E-state index in [9.17, 15) is 0 Å². The van der Waals surface area contributed by atoms with Gasteiger partial charge in [0.15, 0.2) is 5.90 Å². The van der Waals surface area contributed by atoms with Crippen LogP contribution in [0.25, 0.3) is 0 Å². The molecule has 112 valence electrons. The van der Waals surface area contributed by atoms with Crippen LogP contribution in [0.2, 0.25) is 0 Å². The van der Waals surface area contributed by atoms with E-state index in [1.54, 1.807) is 0 Å². The van der Waals surface area contributed by atoms with Crippen molar-refractivity contribution >= 4 is 13.8 Å². The molecular weight excluding hydrogens is 253 g/mol. The molecule has 0 amide bonds. The third kappa shape index (κ3) is 4.74. The third-order valence-electron chi connectivity index (χ3n) is 3.62. The first-order valence-corrected chi connectivity index (χ1v) is 8.82. The summed E-state index contributed by atoms with van der Waals surface area (Å²) in [5.41, 5.74) is 0.202. The maximum Gasteiger partial charge on any atom is 0.188 e. The van der Waals surface area contributed by atoms with Gasteiger partial charge in [0.05, 0.1) is 6.04 Å². The maximum atomic E-state index is 5.88. The van der Waals surface area contributed by atoms with Crippen molar-refractivity contribution in [1.82, 2.24) is 0 Å². The molecule has 0 N–H and O–H groups in total. The second-order valence-corrected chi connectivity index (χ2v) is 12.5. The summed E-state index contributed by atoms with van der Waals surface area (Å²) in [4.78, 5) is 4.84. The van der Waals surface area contributed by atoms with Crippen molar-refractivity contribution in [2.24, 2.45) is 10.4 Å². The summed E-state index contributed by atoms with van der Waals surface area (Å²) in [5.74, 6) is 0.996. The van der Waals surface area contributed by atoms with Gasteiger partial charge in [-0.05, 0) is 15.7 Å². The van der Waals surface area contributed by atoms with Crippen molar-refractivity contribution in [3.8, 4) is 0 Å². The minimum Gasteiger partial charge on any atom is -0.478 e. The number of ether oxygens (including phenoxy) is 1. The Balaban J connectivity index is 2.83. The normalized spacial score (nSPS) is 21.6. The van der Waals surface area contributed by atoms with Gasteiger partial charge in [-0.2, -0.15) is 0 Å². The number of nitrogens with zero attached hydrogens (tertiary/aromatic N) is 1. The van der Waals surface area contributed by atoms with Crippen LogP contribution in [0.1, 0.15) is 62.3 Å². The predicted molar refractivity (Wildman–Crippen MR) is 87.9 cm³/mol. The lowest BCUT2D eigenvalue weighted by Gasteiger charge is -2.41. The summed E-state index contributed by atoms with van der Waals surface area (Å²) in [6, 6.07) is 0.319. The molecule has 0 aromatic carbocycles. The van der Waals surface area contributed by atoms with Crippen LogP contribution in [-0.2, 0) is 4.74 Å². The van der Waals surface area contributed by atoms with Crippen molar-refractivity contribution in [2.45, 2.75) is 78.7 Å². The van der Waals surface area contributed by atoms with Gasteiger partial charge in [-0.25, -0.2) is 4.99 Å². The second-order valence-electron chi connectivity index (χ2n) is 8.64. The number of hydrogen-bond donors (Lipinski definition) is 0.